The molecule has 1 atom stereocenters. The highest BCUT2D eigenvalue weighted by atomic mass is 16.1. The number of hydrogen-bond acceptors (Lipinski definition) is 1. The van der Waals surface area contributed by atoms with Gasteiger partial charge >= 0.3 is 0 Å². The van der Waals surface area contributed by atoms with Gasteiger partial charge in [0.25, 0.3) is 0 Å². The van der Waals surface area contributed by atoms with Gasteiger partial charge < -0.3 is 4.79 Å². The maximum absolute atomic E-state index is 11.3. The van der Waals surface area contributed by atoms with Crippen LogP contribution in [0.25, 0.3) is 0 Å². The molecule has 0 saturated heterocycles. The van der Waals surface area contributed by atoms with Crippen LogP contribution in [-0.2, 0) is 4.79 Å². The molecule has 1 aliphatic carbocycles. The quantitative estimate of drug-likeness (QED) is 0.476. The monoisotopic (exact) mass is 246 g/mol. The maximum Gasteiger partial charge on any atom is 0.126 e. The summed E-state index contributed by atoms with van der Waals surface area (Å²) in [7, 11) is 0. The van der Waals surface area contributed by atoms with E-state index in [1.165, 1.54) is 11.1 Å². The summed E-state index contributed by atoms with van der Waals surface area (Å²) >= 11 is 0. The van der Waals surface area contributed by atoms with E-state index in [4.69, 9.17) is 0 Å². The van der Waals surface area contributed by atoms with Gasteiger partial charge in [0, 0.05) is 5.41 Å². The normalized spacial score (nSPS) is 23.2. The summed E-state index contributed by atoms with van der Waals surface area (Å²) in [5.74, 6) is 0. The minimum absolute atomic E-state index is 0.161. The van der Waals surface area contributed by atoms with Crippen molar-refractivity contribution in [3.8, 4) is 0 Å². The largest absolute Gasteiger partial charge is 0.303 e. The Balaban J connectivity index is 2.55. The van der Waals surface area contributed by atoms with Gasteiger partial charge in [-0.05, 0) is 59.3 Å². The van der Waals surface area contributed by atoms with E-state index in [1.807, 2.05) is 6.92 Å². The Morgan fingerprint density at radius 1 is 1.44 bits per heavy atom. The van der Waals surface area contributed by atoms with Crippen molar-refractivity contribution < 1.29 is 4.79 Å². The average molecular weight is 246 g/mol. The first-order chi connectivity index (χ1) is 8.47. The van der Waals surface area contributed by atoms with Crippen LogP contribution in [0.4, 0.5) is 0 Å². The van der Waals surface area contributed by atoms with Crippen LogP contribution in [0.15, 0.2) is 35.5 Å². The number of carbonyl (C=O) groups excluding carboxylic acids is 1. The lowest BCUT2D eigenvalue weighted by Crippen LogP contribution is -2.25. The van der Waals surface area contributed by atoms with Gasteiger partial charge in [-0.15, -0.1) is 6.58 Å². The van der Waals surface area contributed by atoms with E-state index in [-0.39, 0.29) is 5.41 Å². The van der Waals surface area contributed by atoms with E-state index < -0.39 is 0 Å². The van der Waals surface area contributed by atoms with Gasteiger partial charge in [-0.2, -0.15) is 0 Å². The zero-order chi connectivity index (χ0) is 13.6. The first kappa shape index (κ1) is 14.9. The fourth-order valence-corrected chi connectivity index (χ4v) is 2.64. The first-order valence-electron chi connectivity index (χ1n) is 6.89. The molecule has 0 spiro atoms. The SMILES string of the molecule is C=C(C)CC1(C=O)CC=C(CCC=C(C)C)CC1. The van der Waals surface area contributed by atoms with Crippen molar-refractivity contribution in [3.05, 3.63) is 35.5 Å². The van der Waals surface area contributed by atoms with Crippen LogP contribution in [0.3, 0.4) is 0 Å². The molecule has 100 valence electrons. The van der Waals surface area contributed by atoms with Crippen LogP contribution >= 0.6 is 0 Å². The lowest BCUT2D eigenvalue weighted by molar-refractivity contribution is -0.116. The molecule has 0 saturated carbocycles. The topological polar surface area (TPSA) is 17.1 Å². The number of rotatable bonds is 6. The molecule has 0 aromatic heterocycles. The molecule has 0 N–H and O–H groups in total. The van der Waals surface area contributed by atoms with Crippen LogP contribution in [0.2, 0.25) is 0 Å². The minimum atomic E-state index is -0.161. The predicted octanol–water partition coefficient (Wildman–Crippen LogP) is 4.99. The van der Waals surface area contributed by atoms with Crippen molar-refractivity contribution in [3.63, 3.8) is 0 Å². The lowest BCUT2D eigenvalue weighted by Gasteiger charge is -2.31. The summed E-state index contributed by atoms with van der Waals surface area (Å²) in [5, 5.41) is 0. The Morgan fingerprint density at radius 2 is 2.17 bits per heavy atom. The van der Waals surface area contributed by atoms with Crippen molar-refractivity contribution >= 4 is 6.29 Å². The third-order valence-electron chi connectivity index (χ3n) is 3.66. The smallest absolute Gasteiger partial charge is 0.126 e. The molecule has 1 aliphatic rings. The van der Waals surface area contributed by atoms with Crippen LogP contribution in [0, 0.1) is 5.41 Å². The molecule has 1 nitrogen and oxygen atoms in total. The van der Waals surface area contributed by atoms with E-state index in [2.05, 4.69) is 32.6 Å². The Morgan fingerprint density at radius 3 is 2.61 bits per heavy atom. The summed E-state index contributed by atoms with van der Waals surface area (Å²) in [6.45, 7) is 10.2. The molecule has 0 aromatic carbocycles. The number of aldehydes is 1. The second kappa shape index (κ2) is 6.72. The lowest BCUT2D eigenvalue weighted by atomic mass is 9.72. The summed E-state index contributed by atoms with van der Waals surface area (Å²) < 4.78 is 0. The molecule has 0 radical (unpaired) electrons. The molecule has 1 heteroatoms. The van der Waals surface area contributed by atoms with Crippen molar-refractivity contribution in [2.45, 2.75) is 59.3 Å². The second-order valence-corrected chi connectivity index (χ2v) is 6.00. The predicted molar refractivity (Wildman–Crippen MR) is 78.5 cm³/mol. The fourth-order valence-electron chi connectivity index (χ4n) is 2.64. The van der Waals surface area contributed by atoms with Gasteiger partial charge in [-0.1, -0.05) is 28.9 Å². The van der Waals surface area contributed by atoms with Crippen LogP contribution in [0.1, 0.15) is 59.3 Å². The molecule has 0 aliphatic heterocycles. The van der Waals surface area contributed by atoms with Crippen LogP contribution in [-0.4, -0.2) is 6.29 Å². The number of allylic oxidation sites excluding steroid dienone is 5. The van der Waals surface area contributed by atoms with Crippen LogP contribution in [0.5, 0.6) is 0 Å². The Bertz CT molecular complexity index is 369. The molecular formula is C17H26O. The van der Waals surface area contributed by atoms with Crippen molar-refractivity contribution in [2.24, 2.45) is 5.41 Å². The molecular weight excluding hydrogens is 220 g/mol. The summed E-state index contributed by atoms with van der Waals surface area (Å²) in [6.07, 6.45) is 11.8. The van der Waals surface area contributed by atoms with Gasteiger partial charge in [0.05, 0.1) is 0 Å². The molecule has 0 amide bonds. The maximum atomic E-state index is 11.3. The molecule has 0 bridgehead atoms. The van der Waals surface area contributed by atoms with Gasteiger partial charge in [0.1, 0.15) is 6.29 Å². The zero-order valence-electron chi connectivity index (χ0n) is 12.1. The highest BCUT2D eigenvalue weighted by Crippen LogP contribution is 2.39. The fraction of sp³-hybridized carbons (Fsp3) is 0.588. The standard InChI is InChI=1S/C17H26O/c1-14(2)6-5-7-16-8-10-17(13-18,11-9-16)12-15(3)4/h6,8,13H,3,5,7,9-12H2,1-2,4H3. The molecule has 1 rings (SSSR count). The highest BCUT2D eigenvalue weighted by Gasteiger charge is 2.31. The second-order valence-electron chi connectivity index (χ2n) is 6.00. The van der Waals surface area contributed by atoms with E-state index >= 15 is 0 Å². The number of hydrogen-bond donors (Lipinski definition) is 0. The van der Waals surface area contributed by atoms with Crippen molar-refractivity contribution in [1.29, 1.82) is 0 Å². The van der Waals surface area contributed by atoms with E-state index in [9.17, 15) is 4.79 Å². The zero-order valence-corrected chi connectivity index (χ0v) is 12.1. The van der Waals surface area contributed by atoms with Crippen LogP contribution < -0.4 is 0 Å². The highest BCUT2D eigenvalue weighted by molar-refractivity contribution is 5.61. The summed E-state index contributed by atoms with van der Waals surface area (Å²) in [5.41, 5.74) is 3.86. The molecule has 18 heavy (non-hydrogen) atoms. The van der Waals surface area contributed by atoms with Gasteiger partial charge in [0.2, 0.25) is 0 Å². The van der Waals surface area contributed by atoms with Gasteiger partial charge in [-0.25, -0.2) is 0 Å². The first-order valence-corrected chi connectivity index (χ1v) is 6.89. The van der Waals surface area contributed by atoms with E-state index in [1.54, 1.807) is 0 Å². The van der Waals surface area contributed by atoms with E-state index in [0.29, 0.717) is 0 Å². The molecule has 0 heterocycles. The summed E-state index contributed by atoms with van der Waals surface area (Å²) in [6, 6.07) is 0. The number of carbonyl (C=O) groups is 1. The van der Waals surface area contributed by atoms with Gasteiger partial charge in [0.15, 0.2) is 0 Å². The molecule has 1 unspecified atom stereocenters. The molecule has 0 fully saturated rings. The van der Waals surface area contributed by atoms with E-state index in [0.717, 1.165) is 50.4 Å². The minimum Gasteiger partial charge on any atom is -0.303 e. The van der Waals surface area contributed by atoms with Crippen molar-refractivity contribution in [1.82, 2.24) is 0 Å². The Hall–Kier alpha value is -1.11. The Kier molecular flexibility index (Phi) is 5.58. The molecule has 0 aromatic rings. The van der Waals surface area contributed by atoms with Crippen molar-refractivity contribution in [2.75, 3.05) is 0 Å². The van der Waals surface area contributed by atoms with Gasteiger partial charge in [-0.3, -0.25) is 0 Å². The average Bonchev–Trinajstić information content (AvgIpc) is 2.30. The summed E-state index contributed by atoms with van der Waals surface area (Å²) in [4.78, 5) is 11.3. The Labute approximate surface area is 112 Å². The third-order valence-corrected chi connectivity index (χ3v) is 3.66. The third kappa shape index (κ3) is 4.64.